The average molecular weight is 266 g/mol. The number of morpholine rings is 1. The number of benzene rings is 1. The van der Waals surface area contributed by atoms with Crippen molar-refractivity contribution in [3.8, 4) is 5.75 Å². The minimum absolute atomic E-state index is 0.375. The van der Waals surface area contributed by atoms with Crippen LogP contribution >= 0.6 is 0 Å². The van der Waals surface area contributed by atoms with Gasteiger partial charge in [0.05, 0.1) is 26.4 Å². The summed E-state index contributed by atoms with van der Waals surface area (Å²) in [6.45, 7) is 4.56. The number of nitrogens with one attached hydrogen (secondary N) is 1. The number of ether oxygens (including phenoxy) is 2. The van der Waals surface area contributed by atoms with E-state index in [0.29, 0.717) is 13.1 Å². The second kappa shape index (κ2) is 7.33. The lowest BCUT2D eigenvalue weighted by Crippen LogP contribution is -2.42. The van der Waals surface area contributed by atoms with Crippen molar-refractivity contribution in [3.05, 3.63) is 24.3 Å². The number of methoxy groups -OCH3 is 1. The normalized spacial score (nSPS) is 18.0. The van der Waals surface area contributed by atoms with Crippen LogP contribution in [0.1, 0.15) is 0 Å². The van der Waals surface area contributed by atoms with Crippen LogP contribution in [-0.4, -0.2) is 62.6 Å². The third-order valence-corrected chi connectivity index (χ3v) is 3.20. The van der Waals surface area contributed by atoms with E-state index in [-0.39, 0.29) is 6.10 Å². The first kappa shape index (κ1) is 14.1. The van der Waals surface area contributed by atoms with Gasteiger partial charge in [0.2, 0.25) is 0 Å². The zero-order valence-electron chi connectivity index (χ0n) is 11.3. The first-order valence-corrected chi connectivity index (χ1v) is 6.64. The molecule has 1 aliphatic rings. The summed E-state index contributed by atoms with van der Waals surface area (Å²) in [5, 5.41) is 13.2. The van der Waals surface area contributed by atoms with Crippen LogP contribution < -0.4 is 10.1 Å². The molecule has 1 aromatic rings. The summed E-state index contributed by atoms with van der Waals surface area (Å²) in [5.41, 5.74) is 0.988. The SMILES string of the molecule is COc1ccc(NC[C@@H](O)CN2CCOCC2)cc1. The fraction of sp³-hybridized carbons (Fsp3) is 0.571. The Balaban J connectivity index is 1.71. The molecule has 1 fully saturated rings. The minimum Gasteiger partial charge on any atom is -0.497 e. The van der Waals surface area contributed by atoms with Gasteiger partial charge in [0.1, 0.15) is 5.75 Å². The Bertz CT molecular complexity index is 363. The second-order valence-corrected chi connectivity index (χ2v) is 4.68. The first-order valence-electron chi connectivity index (χ1n) is 6.64. The molecular weight excluding hydrogens is 244 g/mol. The summed E-state index contributed by atoms with van der Waals surface area (Å²) >= 11 is 0. The van der Waals surface area contributed by atoms with Crippen LogP contribution in [0.25, 0.3) is 0 Å². The van der Waals surface area contributed by atoms with E-state index in [1.54, 1.807) is 7.11 Å². The molecule has 0 spiro atoms. The molecule has 0 saturated carbocycles. The number of rotatable bonds is 6. The van der Waals surface area contributed by atoms with Gasteiger partial charge >= 0.3 is 0 Å². The summed E-state index contributed by atoms with van der Waals surface area (Å²) in [6, 6.07) is 7.69. The lowest BCUT2D eigenvalue weighted by Gasteiger charge is -2.28. The Morgan fingerprint density at radius 1 is 1.32 bits per heavy atom. The monoisotopic (exact) mass is 266 g/mol. The summed E-state index contributed by atoms with van der Waals surface area (Å²) in [5.74, 6) is 0.833. The fourth-order valence-electron chi connectivity index (χ4n) is 2.09. The molecule has 0 aliphatic carbocycles. The highest BCUT2D eigenvalue weighted by molar-refractivity contribution is 5.46. The van der Waals surface area contributed by atoms with Crippen LogP contribution in [0.5, 0.6) is 5.75 Å². The number of hydrogen-bond donors (Lipinski definition) is 2. The molecular formula is C14H22N2O3. The molecule has 1 aliphatic heterocycles. The molecule has 0 unspecified atom stereocenters. The van der Waals surface area contributed by atoms with Crippen molar-refractivity contribution in [2.45, 2.75) is 6.10 Å². The van der Waals surface area contributed by atoms with Gasteiger partial charge in [0, 0.05) is 31.9 Å². The molecule has 0 bridgehead atoms. The van der Waals surface area contributed by atoms with E-state index in [1.807, 2.05) is 24.3 Å². The first-order chi connectivity index (χ1) is 9.28. The third kappa shape index (κ3) is 4.70. The highest BCUT2D eigenvalue weighted by Crippen LogP contribution is 2.14. The van der Waals surface area contributed by atoms with Crippen molar-refractivity contribution in [2.75, 3.05) is 51.8 Å². The maximum Gasteiger partial charge on any atom is 0.119 e. The van der Waals surface area contributed by atoms with Crippen molar-refractivity contribution >= 4 is 5.69 Å². The van der Waals surface area contributed by atoms with Crippen LogP contribution in [0, 0.1) is 0 Å². The summed E-state index contributed by atoms with van der Waals surface area (Å²) in [7, 11) is 1.65. The predicted molar refractivity (Wildman–Crippen MR) is 74.7 cm³/mol. The Labute approximate surface area is 114 Å². The van der Waals surface area contributed by atoms with E-state index < -0.39 is 0 Å². The average Bonchev–Trinajstić information content (AvgIpc) is 2.47. The molecule has 2 N–H and O–H groups in total. The van der Waals surface area contributed by atoms with Crippen LogP contribution in [0.15, 0.2) is 24.3 Å². The van der Waals surface area contributed by atoms with Crippen LogP contribution in [-0.2, 0) is 4.74 Å². The lowest BCUT2D eigenvalue weighted by atomic mass is 10.2. The van der Waals surface area contributed by atoms with Crippen molar-refractivity contribution in [1.29, 1.82) is 0 Å². The van der Waals surface area contributed by atoms with Crippen LogP contribution in [0.4, 0.5) is 5.69 Å². The van der Waals surface area contributed by atoms with Crippen LogP contribution in [0.3, 0.4) is 0 Å². The fourth-order valence-corrected chi connectivity index (χ4v) is 2.09. The number of hydrogen-bond acceptors (Lipinski definition) is 5. The van der Waals surface area contributed by atoms with E-state index in [9.17, 15) is 5.11 Å². The Morgan fingerprint density at radius 3 is 2.63 bits per heavy atom. The zero-order chi connectivity index (χ0) is 13.5. The molecule has 5 nitrogen and oxygen atoms in total. The van der Waals surface area contributed by atoms with Crippen molar-refractivity contribution in [1.82, 2.24) is 4.90 Å². The van der Waals surface area contributed by atoms with Gasteiger partial charge in [-0.05, 0) is 24.3 Å². The standard InChI is InChI=1S/C14H22N2O3/c1-18-14-4-2-12(3-5-14)15-10-13(17)11-16-6-8-19-9-7-16/h2-5,13,15,17H,6-11H2,1H3/t13-/m1/s1. The lowest BCUT2D eigenvalue weighted by molar-refractivity contribution is 0.0171. The van der Waals surface area contributed by atoms with E-state index in [0.717, 1.165) is 37.7 Å². The van der Waals surface area contributed by atoms with Gasteiger partial charge in [-0.25, -0.2) is 0 Å². The van der Waals surface area contributed by atoms with E-state index in [2.05, 4.69) is 10.2 Å². The van der Waals surface area contributed by atoms with Gasteiger partial charge in [-0.3, -0.25) is 4.90 Å². The molecule has 2 rings (SSSR count). The molecule has 1 atom stereocenters. The molecule has 5 heteroatoms. The zero-order valence-corrected chi connectivity index (χ0v) is 11.3. The van der Waals surface area contributed by atoms with Crippen molar-refractivity contribution < 1.29 is 14.6 Å². The van der Waals surface area contributed by atoms with Crippen molar-refractivity contribution in [3.63, 3.8) is 0 Å². The molecule has 106 valence electrons. The maximum absolute atomic E-state index is 9.99. The van der Waals surface area contributed by atoms with E-state index in [1.165, 1.54) is 0 Å². The molecule has 1 aromatic carbocycles. The highest BCUT2D eigenvalue weighted by atomic mass is 16.5. The van der Waals surface area contributed by atoms with E-state index in [4.69, 9.17) is 9.47 Å². The Kier molecular flexibility index (Phi) is 5.44. The quantitative estimate of drug-likeness (QED) is 0.797. The molecule has 0 amide bonds. The summed E-state index contributed by atoms with van der Waals surface area (Å²) < 4.78 is 10.4. The predicted octanol–water partition coefficient (Wildman–Crippen LogP) is 0.800. The van der Waals surface area contributed by atoms with Crippen LogP contribution in [0.2, 0.25) is 0 Å². The third-order valence-electron chi connectivity index (χ3n) is 3.20. The molecule has 0 radical (unpaired) electrons. The topological polar surface area (TPSA) is 54.0 Å². The van der Waals surface area contributed by atoms with Crippen molar-refractivity contribution in [2.24, 2.45) is 0 Å². The Morgan fingerprint density at radius 2 is 2.00 bits per heavy atom. The van der Waals surface area contributed by atoms with Gasteiger partial charge in [0.15, 0.2) is 0 Å². The molecule has 19 heavy (non-hydrogen) atoms. The highest BCUT2D eigenvalue weighted by Gasteiger charge is 2.14. The van der Waals surface area contributed by atoms with Gasteiger partial charge in [0.25, 0.3) is 0 Å². The molecule has 0 aromatic heterocycles. The van der Waals surface area contributed by atoms with Gasteiger partial charge in [-0.1, -0.05) is 0 Å². The summed E-state index contributed by atoms with van der Waals surface area (Å²) in [4.78, 5) is 2.23. The molecule has 1 heterocycles. The number of β-amino-alcohol motifs (C(OH)–C–C–N with tert-alkyl or cyclic N) is 1. The van der Waals surface area contributed by atoms with Gasteiger partial charge in [-0.15, -0.1) is 0 Å². The van der Waals surface area contributed by atoms with E-state index >= 15 is 0 Å². The number of nitrogens with zero attached hydrogens (tertiary/aromatic N) is 1. The number of aliphatic hydroxyl groups is 1. The smallest absolute Gasteiger partial charge is 0.119 e. The number of anilines is 1. The summed E-state index contributed by atoms with van der Waals surface area (Å²) in [6.07, 6.45) is -0.375. The largest absolute Gasteiger partial charge is 0.497 e. The second-order valence-electron chi connectivity index (χ2n) is 4.68. The maximum atomic E-state index is 9.99. The van der Waals surface area contributed by atoms with Gasteiger partial charge < -0.3 is 19.9 Å². The minimum atomic E-state index is -0.375. The number of aliphatic hydroxyl groups excluding tert-OH is 1. The Hall–Kier alpha value is -1.30. The molecule has 1 saturated heterocycles. The van der Waals surface area contributed by atoms with Gasteiger partial charge in [-0.2, -0.15) is 0 Å².